The van der Waals surface area contributed by atoms with Crippen LogP contribution in [-0.4, -0.2) is 23.9 Å². The molecule has 0 amide bonds. The van der Waals surface area contributed by atoms with Crippen LogP contribution in [0.25, 0.3) is 0 Å². The molecule has 0 saturated heterocycles. The lowest BCUT2D eigenvalue weighted by Crippen LogP contribution is -1.96. The quantitative estimate of drug-likeness (QED) is 0.270. The van der Waals surface area contributed by atoms with Gasteiger partial charge in [0.1, 0.15) is 0 Å². The van der Waals surface area contributed by atoms with Gasteiger partial charge < -0.3 is 0 Å². The van der Waals surface area contributed by atoms with Crippen LogP contribution in [0.4, 0.5) is 0 Å². The molecule has 0 aromatic carbocycles. The fraction of sp³-hybridized carbons (Fsp3) is 1.00. The van der Waals surface area contributed by atoms with E-state index in [4.69, 9.17) is 112 Å². The van der Waals surface area contributed by atoms with Crippen LogP contribution in [0.1, 0.15) is 0 Å². The molecular weight excluding hydrogens is 557 g/mol. The maximum atomic E-state index is 5.65. The molecule has 0 aliphatic heterocycles. The van der Waals surface area contributed by atoms with Gasteiger partial charge in [-0.05, 0) is 0 Å². The third-order valence-corrected chi connectivity index (χ3v) is 13.9. The van der Waals surface area contributed by atoms with Gasteiger partial charge in [-0.2, -0.15) is 0 Å². The lowest BCUT2D eigenvalue weighted by atomic mass is 10.9. The molecular formula is C4H7Cl10P5. The molecule has 0 saturated carbocycles. The van der Waals surface area contributed by atoms with E-state index in [1.165, 1.54) is 0 Å². The van der Waals surface area contributed by atoms with Gasteiger partial charge in [0.15, 0.2) is 0 Å². The molecule has 0 aromatic rings. The number of halogens is 10. The Morgan fingerprint density at radius 1 is 0.526 bits per heavy atom. The summed E-state index contributed by atoms with van der Waals surface area (Å²) < 4.78 is 0. The van der Waals surface area contributed by atoms with Gasteiger partial charge in [-0.3, -0.25) is 0 Å². The number of hydrogen-bond donors (Lipinski definition) is 0. The van der Waals surface area contributed by atoms with Crippen molar-refractivity contribution in [3.63, 3.8) is 0 Å². The zero-order valence-electron chi connectivity index (χ0n) is 8.71. The molecule has 0 rings (SSSR count). The SMILES string of the molecule is ClP(Cl)CC(P(Cl)Cl)P(Cl)Cl.ClP(Cl)CCP(Cl)Cl. The van der Waals surface area contributed by atoms with Gasteiger partial charge >= 0.3 is 0 Å². The molecule has 0 aliphatic rings. The van der Waals surface area contributed by atoms with Crippen molar-refractivity contribution in [2.45, 2.75) is 5.40 Å². The highest BCUT2D eigenvalue weighted by atomic mass is 35.9. The van der Waals surface area contributed by atoms with Crippen LogP contribution in [0.5, 0.6) is 0 Å². The lowest BCUT2D eigenvalue weighted by Gasteiger charge is -2.17. The second kappa shape index (κ2) is 16.5. The molecule has 0 bridgehead atoms. The average molecular weight is 565 g/mol. The third-order valence-electron chi connectivity index (χ3n) is 1.19. The number of hydrogen-bond acceptors (Lipinski definition) is 0. The van der Waals surface area contributed by atoms with Crippen molar-refractivity contribution >= 4 is 146 Å². The Morgan fingerprint density at radius 3 is 0.947 bits per heavy atom. The summed E-state index contributed by atoms with van der Waals surface area (Å²) in [5, 5.41) is -0.132. The predicted molar refractivity (Wildman–Crippen MR) is 112 cm³/mol. The molecule has 0 aromatic heterocycles. The van der Waals surface area contributed by atoms with Gasteiger partial charge in [-0.25, -0.2) is 0 Å². The summed E-state index contributed by atoms with van der Waals surface area (Å²) >= 11 is 55.5. The van der Waals surface area contributed by atoms with Crippen molar-refractivity contribution < 1.29 is 0 Å². The first-order valence-corrected chi connectivity index (χ1v) is 20.5. The van der Waals surface area contributed by atoms with Gasteiger partial charge in [-0.1, -0.05) is 112 Å². The zero-order chi connectivity index (χ0) is 15.6. The van der Waals surface area contributed by atoms with E-state index in [-0.39, 0.29) is 5.40 Å². The predicted octanol–water partition coefficient (Wildman–Crippen LogP) is 11.2. The smallest absolute Gasteiger partial charge is 0.0781 e. The summed E-state index contributed by atoms with van der Waals surface area (Å²) in [5.41, 5.74) is 0. The van der Waals surface area contributed by atoms with E-state index >= 15 is 0 Å². The maximum absolute atomic E-state index is 5.65. The summed E-state index contributed by atoms with van der Waals surface area (Å²) in [5.74, 6) is 0. The molecule has 0 radical (unpaired) electrons. The van der Waals surface area contributed by atoms with E-state index in [9.17, 15) is 0 Å². The molecule has 0 fully saturated rings. The third kappa shape index (κ3) is 21.0. The second-order valence-corrected chi connectivity index (χ2v) is 22.6. The molecule has 0 spiro atoms. The van der Waals surface area contributed by atoms with E-state index in [0.29, 0.717) is 6.16 Å². The Balaban J connectivity index is 0. The van der Waals surface area contributed by atoms with E-state index in [1.54, 1.807) is 0 Å². The van der Waals surface area contributed by atoms with E-state index in [2.05, 4.69) is 0 Å². The molecule has 0 unspecified atom stereocenters. The fourth-order valence-corrected chi connectivity index (χ4v) is 16.1. The first kappa shape index (κ1) is 26.3. The summed E-state index contributed by atoms with van der Waals surface area (Å²) in [6.07, 6.45) is 2.00. The first-order valence-electron chi connectivity index (χ1n) is 4.06. The molecule has 118 valence electrons. The summed E-state index contributed by atoms with van der Waals surface area (Å²) in [7, 11) is 0. The average Bonchev–Trinajstić information content (AvgIpc) is 2.23. The highest BCUT2D eigenvalue weighted by molar-refractivity contribution is 8.18. The standard InChI is InChI=1S/C2H3Cl6P3.C2H4Cl4P2/c3-9(4)1-2(10(5)6)11(7)8;3-7(4)1-2-8(5)6/h2H,1H2;1-2H2. The van der Waals surface area contributed by atoms with Gasteiger partial charge in [-0.15, -0.1) is 0 Å². The van der Waals surface area contributed by atoms with Crippen molar-refractivity contribution in [3.05, 3.63) is 0 Å². The lowest BCUT2D eigenvalue weighted by molar-refractivity contribution is 1.44. The van der Waals surface area contributed by atoms with Crippen molar-refractivity contribution in [2.75, 3.05) is 18.5 Å². The number of rotatable bonds is 7. The highest BCUT2D eigenvalue weighted by Crippen LogP contribution is 2.71. The molecule has 0 heterocycles. The van der Waals surface area contributed by atoms with Crippen molar-refractivity contribution in [1.29, 1.82) is 0 Å². The fourth-order valence-electron chi connectivity index (χ4n) is 0.464. The van der Waals surface area contributed by atoms with Crippen LogP contribution in [0.3, 0.4) is 0 Å². The first-order chi connectivity index (χ1) is 8.57. The van der Waals surface area contributed by atoms with Gasteiger partial charge in [0.2, 0.25) is 0 Å². The molecule has 15 heteroatoms. The Bertz CT molecular complexity index is 186. The Kier molecular flexibility index (Phi) is 22.8. The van der Waals surface area contributed by atoms with E-state index in [0.717, 1.165) is 12.3 Å². The largest absolute Gasteiger partial charge is 0.0957 e. The topological polar surface area (TPSA) is 0 Å². The molecule has 0 N–H and O–H groups in total. The minimum Gasteiger partial charge on any atom is -0.0781 e. The molecule has 0 atom stereocenters. The minimum absolute atomic E-state index is 0.132. The second-order valence-electron chi connectivity index (χ2n) is 2.54. The maximum Gasteiger partial charge on any atom is 0.0957 e. The van der Waals surface area contributed by atoms with Crippen molar-refractivity contribution in [2.24, 2.45) is 0 Å². The monoisotopic (exact) mass is 560 g/mol. The summed E-state index contributed by atoms with van der Waals surface area (Å²) in [4.78, 5) is 0. The molecule has 19 heavy (non-hydrogen) atoms. The van der Waals surface area contributed by atoms with Gasteiger partial charge in [0.25, 0.3) is 0 Å². The van der Waals surface area contributed by atoms with Gasteiger partial charge in [0.05, 0.1) is 38.5 Å². The van der Waals surface area contributed by atoms with Crippen molar-refractivity contribution in [3.8, 4) is 0 Å². The van der Waals surface area contributed by atoms with Crippen LogP contribution >= 0.6 is 146 Å². The van der Waals surface area contributed by atoms with Crippen LogP contribution in [-0.2, 0) is 0 Å². The van der Waals surface area contributed by atoms with Crippen LogP contribution in [0.15, 0.2) is 0 Å². The molecule has 0 nitrogen and oxygen atoms in total. The normalized spacial score (nSPS) is 12.0. The molecule has 0 aliphatic carbocycles. The van der Waals surface area contributed by atoms with Crippen molar-refractivity contribution in [1.82, 2.24) is 0 Å². The Hall–Kier alpha value is 5.05. The van der Waals surface area contributed by atoms with Gasteiger partial charge in [0, 0.05) is 18.5 Å². The van der Waals surface area contributed by atoms with Crippen LogP contribution in [0, 0.1) is 0 Å². The van der Waals surface area contributed by atoms with Crippen LogP contribution in [0.2, 0.25) is 0 Å². The summed E-state index contributed by atoms with van der Waals surface area (Å²) in [6, 6.07) is 0. The van der Waals surface area contributed by atoms with Crippen LogP contribution < -0.4 is 0 Å². The highest BCUT2D eigenvalue weighted by Gasteiger charge is 2.27. The minimum atomic E-state index is -1.18. The van der Waals surface area contributed by atoms with E-state index < -0.39 is 33.1 Å². The van der Waals surface area contributed by atoms with E-state index in [1.807, 2.05) is 0 Å². The Labute approximate surface area is 167 Å². The zero-order valence-corrected chi connectivity index (χ0v) is 20.7. The Morgan fingerprint density at radius 2 is 0.842 bits per heavy atom. The summed E-state index contributed by atoms with van der Waals surface area (Å²) in [6.45, 7) is -5.11.